The Bertz CT molecular complexity index is 698. The van der Waals surface area contributed by atoms with E-state index in [1.165, 1.54) is 5.56 Å². The van der Waals surface area contributed by atoms with Gasteiger partial charge in [-0.1, -0.05) is 41.7 Å². The van der Waals surface area contributed by atoms with E-state index in [1.54, 1.807) is 18.5 Å². The van der Waals surface area contributed by atoms with E-state index in [0.717, 1.165) is 5.56 Å². The van der Waals surface area contributed by atoms with Crippen LogP contribution in [0.4, 0.5) is 0 Å². The van der Waals surface area contributed by atoms with Gasteiger partial charge < -0.3 is 11.1 Å². The van der Waals surface area contributed by atoms with Gasteiger partial charge in [-0.3, -0.25) is 9.78 Å². The van der Waals surface area contributed by atoms with Crippen molar-refractivity contribution >= 4 is 5.91 Å². The lowest BCUT2D eigenvalue weighted by Crippen LogP contribution is -2.23. The van der Waals surface area contributed by atoms with Gasteiger partial charge in [0, 0.05) is 18.9 Å². The van der Waals surface area contributed by atoms with Crippen molar-refractivity contribution in [3.05, 3.63) is 65.0 Å². The van der Waals surface area contributed by atoms with Crippen molar-refractivity contribution in [3.63, 3.8) is 0 Å². The van der Waals surface area contributed by atoms with Crippen molar-refractivity contribution in [3.8, 4) is 11.8 Å². The number of hydrogen-bond acceptors (Lipinski definition) is 3. The lowest BCUT2D eigenvalue weighted by Gasteiger charge is -2.07. The van der Waals surface area contributed by atoms with Crippen LogP contribution in [0.1, 0.15) is 27.0 Å². The molecule has 0 aliphatic rings. The molecular weight excluding hydrogens is 262 g/mol. The maximum atomic E-state index is 12.2. The predicted octanol–water partition coefficient (Wildman–Crippen LogP) is 1.63. The number of nitrogens with one attached hydrogen (secondary N) is 1. The highest BCUT2D eigenvalue weighted by atomic mass is 16.1. The van der Waals surface area contributed by atoms with Gasteiger partial charge in [0.2, 0.25) is 0 Å². The Morgan fingerprint density at radius 1 is 1.38 bits per heavy atom. The first-order valence-corrected chi connectivity index (χ1v) is 6.67. The van der Waals surface area contributed by atoms with Crippen LogP contribution in [0.25, 0.3) is 0 Å². The summed E-state index contributed by atoms with van der Waals surface area (Å²) in [5, 5.41) is 2.89. The van der Waals surface area contributed by atoms with Gasteiger partial charge in [-0.25, -0.2) is 0 Å². The number of nitrogens with two attached hydrogens (primary N) is 1. The Hall–Kier alpha value is -2.64. The van der Waals surface area contributed by atoms with E-state index in [1.807, 2.05) is 31.2 Å². The molecule has 2 rings (SSSR count). The number of hydrogen-bond donors (Lipinski definition) is 2. The average Bonchev–Trinajstić information content (AvgIpc) is 2.51. The summed E-state index contributed by atoms with van der Waals surface area (Å²) in [4.78, 5) is 16.2. The molecule has 0 fully saturated rings. The van der Waals surface area contributed by atoms with Gasteiger partial charge in [0.1, 0.15) is 0 Å². The second-order valence-electron chi connectivity index (χ2n) is 4.60. The fourth-order valence-corrected chi connectivity index (χ4v) is 1.94. The Morgan fingerprint density at radius 2 is 2.24 bits per heavy atom. The number of rotatable bonds is 3. The highest BCUT2D eigenvalue weighted by Gasteiger charge is 2.09. The predicted molar refractivity (Wildman–Crippen MR) is 82.5 cm³/mol. The number of carbonyl (C=O) groups excluding carboxylic acids is 1. The molecule has 0 bridgehead atoms. The lowest BCUT2D eigenvalue weighted by atomic mass is 10.1. The number of benzene rings is 1. The van der Waals surface area contributed by atoms with Crippen molar-refractivity contribution in [1.29, 1.82) is 0 Å². The lowest BCUT2D eigenvalue weighted by molar-refractivity contribution is 0.0950. The number of carbonyl (C=O) groups is 1. The van der Waals surface area contributed by atoms with Crippen LogP contribution >= 0.6 is 0 Å². The molecule has 4 heteroatoms. The third-order valence-corrected chi connectivity index (χ3v) is 2.93. The molecule has 0 atom stereocenters. The summed E-state index contributed by atoms with van der Waals surface area (Å²) >= 11 is 0. The number of nitrogens with zero attached hydrogens (tertiary/aromatic N) is 1. The maximum absolute atomic E-state index is 12.2. The summed E-state index contributed by atoms with van der Waals surface area (Å²) < 4.78 is 0. The third kappa shape index (κ3) is 4.16. The molecule has 2 aromatic rings. The smallest absolute Gasteiger partial charge is 0.252 e. The van der Waals surface area contributed by atoms with Gasteiger partial charge >= 0.3 is 0 Å². The number of aryl methyl sites for hydroxylation is 1. The fraction of sp³-hybridized carbons (Fsp3) is 0.176. The van der Waals surface area contributed by atoms with Gasteiger partial charge in [0.25, 0.3) is 5.91 Å². The molecule has 4 nitrogen and oxygen atoms in total. The molecule has 0 radical (unpaired) electrons. The van der Waals surface area contributed by atoms with Crippen LogP contribution < -0.4 is 11.1 Å². The van der Waals surface area contributed by atoms with Crippen LogP contribution in [0, 0.1) is 18.8 Å². The van der Waals surface area contributed by atoms with Crippen molar-refractivity contribution in [2.45, 2.75) is 13.5 Å². The first kappa shape index (κ1) is 14.8. The topological polar surface area (TPSA) is 68.0 Å². The summed E-state index contributed by atoms with van der Waals surface area (Å²) in [5.41, 5.74) is 8.69. The molecule has 21 heavy (non-hydrogen) atoms. The molecule has 0 saturated heterocycles. The van der Waals surface area contributed by atoms with Gasteiger partial charge in [0.05, 0.1) is 17.7 Å². The standard InChI is InChI=1S/C17H17N3O/c1-13-4-2-5-14(10-13)11-20-17(21)16-7-9-19-12-15(16)6-3-8-18/h2,4-5,7,9-10,12H,8,11,18H2,1H3,(H,20,21). The summed E-state index contributed by atoms with van der Waals surface area (Å²) in [7, 11) is 0. The van der Waals surface area contributed by atoms with Crippen LogP contribution in [0.3, 0.4) is 0 Å². The minimum Gasteiger partial charge on any atom is -0.348 e. The number of amides is 1. The molecule has 1 amide bonds. The number of aromatic nitrogens is 1. The van der Waals surface area contributed by atoms with Gasteiger partial charge in [0.15, 0.2) is 0 Å². The fourth-order valence-electron chi connectivity index (χ4n) is 1.94. The van der Waals surface area contributed by atoms with Crippen LogP contribution in [-0.2, 0) is 6.54 Å². The van der Waals surface area contributed by atoms with Crippen molar-refractivity contribution < 1.29 is 4.79 Å². The molecule has 1 heterocycles. The normalized spacial score (nSPS) is 9.62. The molecule has 0 spiro atoms. The molecule has 3 N–H and O–H groups in total. The molecular formula is C17H17N3O. The van der Waals surface area contributed by atoms with E-state index in [4.69, 9.17) is 5.73 Å². The zero-order valence-electron chi connectivity index (χ0n) is 11.9. The van der Waals surface area contributed by atoms with Gasteiger partial charge in [-0.05, 0) is 18.6 Å². The quantitative estimate of drug-likeness (QED) is 0.839. The van der Waals surface area contributed by atoms with Crippen LogP contribution in [0.5, 0.6) is 0 Å². The molecule has 0 aliphatic carbocycles. The van der Waals surface area contributed by atoms with Crippen LogP contribution in [0.2, 0.25) is 0 Å². The zero-order valence-corrected chi connectivity index (χ0v) is 11.9. The zero-order chi connectivity index (χ0) is 15.1. The van der Waals surface area contributed by atoms with E-state index in [2.05, 4.69) is 22.1 Å². The molecule has 0 unspecified atom stereocenters. The minimum absolute atomic E-state index is 0.166. The van der Waals surface area contributed by atoms with E-state index in [9.17, 15) is 4.79 Å². The first-order valence-electron chi connectivity index (χ1n) is 6.67. The minimum atomic E-state index is -0.166. The van der Waals surface area contributed by atoms with E-state index in [-0.39, 0.29) is 12.5 Å². The summed E-state index contributed by atoms with van der Waals surface area (Å²) in [6, 6.07) is 9.68. The number of pyridine rings is 1. The second kappa shape index (κ2) is 7.22. The highest BCUT2D eigenvalue weighted by molar-refractivity contribution is 5.96. The van der Waals surface area contributed by atoms with Crippen molar-refractivity contribution in [2.75, 3.05) is 6.54 Å². The second-order valence-corrected chi connectivity index (χ2v) is 4.60. The van der Waals surface area contributed by atoms with E-state index < -0.39 is 0 Å². The molecule has 0 aliphatic heterocycles. The monoisotopic (exact) mass is 279 g/mol. The highest BCUT2D eigenvalue weighted by Crippen LogP contribution is 2.07. The van der Waals surface area contributed by atoms with Crippen molar-refractivity contribution in [2.24, 2.45) is 5.73 Å². The first-order chi connectivity index (χ1) is 10.2. The summed E-state index contributed by atoms with van der Waals surface area (Å²) in [5.74, 6) is 5.44. The summed E-state index contributed by atoms with van der Waals surface area (Å²) in [6.07, 6.45) is 3.15. The van der Waals surface area contributed by atoms with Crippen LogP contribution in [-0.4, -0.2) is 17.4 Å². The largest absolute Gasteiger partial charge is 0.348 e. The summed E-state index contributed by atoms with van der Waals surface area (Å²) in [6.45, 7) is 2.75. The van der Waals surface area contributed by atoms with Crippen molar-refractivity contribution in [1.82, 2.24) is 10.3 Å². The van der Waals surface area contributed by atoms with E-state index >= 15 is 0 Å². The SMILES string of the molecule is Cc1cccc(CNC(=O)c2ccncc2C#CCN)c1. The maximum Gasteiger partial charge on any atom is 0.252 e. The molecule has 1 aromatic heterocycles. The Morgan fingerprint density at radius 3 is 3.00 bits per heavy atom. The molecule has 106 valence electrons. The molecule has 1 aromatic carbocycles. The van der Waals surface area contributed by atoms with E-state index in [0.29, 0.717) is 17.7 Å². The Kier molecular flexibility index (Phi) is 5.08. The average molecular weight is 279 g/mol. The van der Waals surface area contributed by atoms with Crippen LogP contribution in [0.15, 0.2) is 42.7 Å². The molecule has 0 saturated carbocycles. The van der Waals surface area contributed by atoms with Gasteiger partial charge in [-0.15, -0.1) is 0 Å². The van der Waals surface area contributed by atoms with Gasteiger partial charge in [-0.2, -0.15) is 0 Å². The Balaban J connectivity index is 2.10. The Labute approximate surface area is 124 Å². The third-order valence-electron chi connectivity index (χ3n) is 2.93.